The molecule has 0 fully saturated rings. The number of amides is 1. The topological polar surface area (TPSA) is 66.9 Å². The highest BCUT2D eigenvalue weighted by molar-refractivity contribution is 7.71. The summed E-state index contributed by atoms with van der Waals surface area (Å²) < 4.78 is 1.67. The SMILES string of the molecule is O=C(NCc1ccc(Cl)cc1)c1cccc(-n2c(=S)[nH]c3ccccc3c2=O)c1. The van der Waals surface area contributed by atoms with Gasteiger partial charge in [-0.05, 0) is 60.2 Å². The number of fused-ring (bicyclic) bond motifs is 1. The summed E-state index contributed by atoms with van der Waals surface area (Å²) in [6.07, 6.45) is 0. The van der Waals surface area contributed by atoms with Crippen molar-refractivity contribution < 1.29 is 4.79 Å². The van der Waals surface area contributed by atoms with Crippen molar-refractivity contribution in [3.8, 4) is 5.69 Å². The maximum absolute atomic E-state index is 12.9. The fraction of sp³-hybridized carbons (Fsp3) is 0.0455. The first kappa shape index (κ1) is 19.1. The van der Waals surface area contributed by atoms with Crippen molar-refractivity contribution in [2.24, 2.45) is 0 Å². The Morgan fingerprint density at radius 2 is 1.79 bits per heavy atom. The Bertz CT molecular complexity index is 1330. The number of hydrogen-bond donors (Lipinski definition) is 2. The number of H-pyrrole nitrogens is 1. The summed E-state index contributed by atoms with van der Waals surface area (Å²) in [5.74, 6) is -0.245. The summed E-state index contributed by atoms with van der Waals surface area (Å²) in [5, 5.41) is 4.04. The highest BCUT2D eigenvalue weighted by Gasteiger charge is 2.11. The Kier molecular flexibility index (Phi) is 5.29. The van der Waals surface area contributed by atoms with Crippen LogP contribution in [0.1, 0.15) is 15.9 Å². The molecule has 29 heavy (non-hydrogen) atoms. The third kappa shape index (κ3) is 3.99. The lowest BCUT2D eigenvalue weighted by molar-refractivity contribution is 0.0951. The highest BCUT2D eigenvalue weighted by Crippen LogP contribution is 2.13. The molecule has 0 radical (unpaired) electrons. The third-order valence-corrected chi connectivity index (χ3v) is 5.07. The van der Waals surface area contributed by atoms with Crippen molar-refractivity contribution in [1.82, 2.24) is 14.9 Å². The number of aromatic amines is 1. The number of nitrogens with zero attached hydrogens (tertiary/aromatic N) is 1. The number of aromatic nitrogens is 2. The standard InChI is InChI=1S/C22H16ClN3O2S/c23-16-10-8-14(9-11-16)13-24-20(27)15-4-3-5-17(12-15)26-21(28)18-6-1-2-7-19(18)25-22(26)29/h1-12H,13H2,(H,24,27)(H,25,29). The van der Waals surface area contributed by atoms with Crippen LogP contribution in [0.25, 0.3) is 16.6 Å². The number of para-hydroxylation sites is 1. The molecule has 0 aliphatic heterocycles. The van der Waals surface area contributed by atoms with Crippen molar-refractivity contribution in [3.63, 3.8) is 0 Å². The normalized spacial score (nSPS) is 10.8. The van der Waals surface area contributed by atoms with Gasteiger partial charge < -0.3 is 10.3 Å². The van der Waals surface area contributed by atoms with E-state index in [-0.39, 0.29) is 16.2 Å². The average molecular weight is 422 g/mol. The van der Waals surface area contributed by atoms with Gasteiger partial charge in [-0.1, -0.05) is 41.9 Å². The largest absolute Gasteiger partial charge is 0.348 e. The number of rotatable bonds is 4. The van der Waals surface area contributed by atoms with Gasteiger partial charge >= 0.3 is 0 Å². The number of carbonyl (C=O) groups excluding carboxylic acids is 1. The van der Waals surface area contributed by atoms with Crippen LogP contribution >= 0.6 is 23.8 Å². The van der Waals surface area contributed by atoms with Crippen molar-refractivity contribution >= 4 is 40.6 Å². The van der Waals surface area contributed by atoms with Crippen LogP contribution in [0.3, 0.4) is 0 Å². The summed E-state index contributed by atoms with van der Waals surface area (Å²) in [6.45, 7) is 0.371. The number of hydrogen-bond acceptors (Lipinski definition) is 3. The third-order valence-electron chi connectivity index (χ3n) is 4.54. The van der Waals surface area contributed by atoms with E-state index in [0.29, 0.717) is 33.7 Å². The summed E-state index contributed by atoms with van der Waals surface area (Å²) in [4.78, 5) is 28.6. The maximum Gasteiger partial charge on any atom is 0.266 e. The van der Waals surface area contributed by atoms with Crippen molar-refractivity contribution in [2.75, 3.05) is 0 Å². The zero-order valence-electron chi connectivity index (χ0n) is 15.2. The molecular weight excluding hydrogens is 406 g/mol. The van der Waals surface area contributed by atoms with Gasteiger partial charge in [-0.2, -0.15) is 0 Å². The minimum absolute atomic E-state index is 0.233. The maximum atomic E-state index is 12.9. The molecule has 0 saturated heterocycles. The van der Waals surface area contributed by atoms with E-state index >= 15 is 0 Å². The van der Waals surface area contributed by atoms with Crippen LogP contribution in [0.5, 0.6) is 0 Å². The van der Waals surface area contributed by atoms with Crippen LogP contribution in [-0.2, 0) is 6.54 Å². The van der Waals surface area contributed by atoms with E-state index in [1.54, 1.807) is 54.6 Å². The van der Waals surface area contributed by atoms with Gasteiger partial charge in [0.25, 0.3) is 11.5 Å². The predicted octanol–water partition coefficient (Wildman–Crippen LogP) is 4.63. The highest BCUT2D eigenvalue weighted by atomic mass is 35.5. The zero-order valence-corrected chi connectivity index (χ0v) is 16.8. The van der Waals surface area contributed by atoms with Crippen molar-refractivity contribution in [2.45, 2.75) is 6.54 Å². The van der Waals surface area contributed by atoms with E-state index in [4.69, 9.17) is 23.8 Å². The zero-order chi connectivity index (χ0) is 20.4. The van der Waals surface area contributed by atoms with Gasteiger partial charge in [-0.3, -0.25) is 14.2 Å². The summed E-state index contributed by atoms with van der Waals surface area (Å²) >= 11 is 11.3. The Morgan fingerprint density at radius 1 is 1.03 bits per heavy atom. The molecule has 0 aliphatic rings. The molecule has 0 unspecified atom stereocenters. The van der Waals surface area contributed by atoms with E-state index < -0.39 is 0 Å². The predicted molar refractivity (Wildman–Crippen MR) is 117 cm³/mol. The Labute approximate surface area is 176 Å². The molecule has 4 aromatic rings. The van der Waals surface area contributed by atoms with E-state index in [1.807, 2.05) is 18.2 Å². The molecule has 0 aliphatic carbocycles. The molecule has 144 valence electrons. The van der Waals surface area contributed by atoms with Gasteiger partial charge in [0.2, 0.25) is 0 Å². The fourth-order valence-electron chi connectivity index (χ4n) is 3.07. The number of benzene rings is 3. The molecule has 4 rings (SSSR count). The van der Waals surface area contributed by atoms with Crippen LogP contribution in [0.15, 0.2) is 77.6 Å². The summed E-state index contributed by atoms with van der Waals surface area (Å²) in [7, 11) is 0. The monoisotopic (exact) mass is 421 g/mol. The lowest BCUT2D eigenvalue weighted by Crippen LogP contribution is -2.24. The van der Waals surface area contributed by atoms with Gasteiger partial charge in [-0.25, -0.2) is 0 Å². The quantitative estimate of drug-likeness (QED) is 0.472. The molecule has 0 saturated carbocycles. The molecule has 0 spiro atoms. The molecule has 0 bridgehead atoms. The second kappa shape index (κ2) is 8.03. The lowest BCUT2D eigenvalue weighted by Gasteiger charge is -2.10. The number of nitrogens with one attached hydrogen (secondary N) is 2. The average Bonchev–Trinajstić information content (AvgIpc) is 2.73. The van der Waals surface area contributed by atoms with Gasteiger partial charge in [0, 0.05) is 17.1 Å². The minimum atomic E-state index is -0.245. The Hall–Kier alpha value is -3.22. The first-order valence-electron chi connectivity index (χ1n) is 8.90. The Morgan fingerprint density at radius 3 is 2.59 bits per heavy atom. The number of carbonyl (C=O) groups is 1. The molecule has 1 heterocycles. The fourth-order valence-corrected chi connectivity index (χ4v) is 3.49. The smallest absolute Gasteiger partial charge is 0.266 e. The molecule has 3 aromatic carbocycles. The van der Waals surface area contributed by atoms with Gasteiger partial charge in [0.15, 0.2) is 4.77 Å². The van der Waals surface area contributed by atoms with Gasteiger partial charge in [-0.15, -0.1) is 0 Å². The Balaban J connectivity index is 1.65. The van der Waals surface area contributed by atoms with Crippen LogP contribution < -0.4 is 10.9 Å². The van der Waals surface area contributed by atoms with Gasteiger partial charge in [0.1, 0.15) is 0 Å². The molecule has 1 aromatic heterocycles. The lowest BCUT2D eigenvalue weighted by atomic mass is 10.1. The van der Waals surface area contributed by atoms with E-state index in [0.717, 1.165) is 5.56 Å². The molecular formula is C22H16ClN3O2S. The molecule has 5 nitrogen and oxygen atoms in total. The molecule has 2 N–H and O–H groups in total. The van der Waals surface area contributed by atoms with Crippen LogP contribution in [0, 0.1) is 4.77 Å². The molecule has 0 atom stereocenters. The second-order valence-electron chi connectivity index (χ2n) is 6.48. The second-order valence-corrected chi connectivity index (χ2v) is 7.30. The summed E-state index contributed by atoms with van der Waals surface area (Å²) in [5.41, 5.74) is 2.35. The van der Waals surface area contributed by atoms with Crippen LogP contribution in [-0.4, -0.2) is 15.5 Å². The molecule has 1 amide bonds. The van der Waals surface area contributed by atoms with E-state index in [1.165, 1.54) is 4.57 Å². The first-order chi connectivity index (χ1) is 14.0. The molecule has 7 heteroatoms. The van der Waals surface area contributed by atoms with Crippen molar-refractivity contribution in [1.29, 1.82) is 0 Å². The van der Waals surface area contributed by atoms with Crippen LogP contribution in [0.4, 0.5) is 0 Å². The van der Waals surface area contributed by atoms with Gasteiger partial charge in [0.05, 0.1) is 16.6 Å². The number of halogens is 1. The van der Waals surface area contributed by atoms with Crippen LogP contribution in [0.2, 0.25) is 5.02 Å². The van der Waals surface area contributed by atoms with E-state index in [9.17, 15) is 9.59 Å². The minimum Gasteiger partial charge on any atom is -0.348 e. The van der Waals surface area contributed by atoms with E-state index in [2.05, 4.69) is 10.3 Å². The first-order valence-corrected chi connectivity index (χ1v) is 9.69. The summed E-state index contributed by atoms with van der Waals surface area (Å²) in [6, 6.07) is 21.2. The van der Waals surface area contributed by atoms with Crippen molar-refractivity contribution in [3.05, 3.63) is 104 Å².